The molecule has 12 rings (SSSR count). The van der Waals surface area contributed by atoms with Crippen molar-refractivity contribution >= 4 is 31.5 Å². The number of hydrogen-bond donors (Lipinski definition) is 0. The largest absolute Gasteiger partial charge is 0.228 e. The minimum Gasteiger partial charge on any atom is -0.228 e. The van der Waals surface area contributed by atoms with Gasteiger partial charge in [-0.25, -0.2) is 9.97 Å². The van der Waals surface area contributed by atoms with Crippen molar-refractivity contribution in [3.05, 3.63) is 230 Å². The first-order valence-electron chi connectivity index (χ1n) is 22.0. The maximum Gasteiger partial charge on any atom is 0.160 e. The van der Waals surface area contributed by atoms with Gasteiger partial charge in [-0.05, 0) is 121 Å². The predicted molar refractivity (Wildman–Crippen MR) is 271 cm³/mol. The average Bonchev–Trinajstić information content (AvgIpc) is 3.85. The highest BCUT2D eigenvalue weighted by atomic mass is 32.1. The number of rotatable bonds is 7. The second-order valence-electron chi connectivity index (χ2n) is 17.4. The lowest BCUT2D eigenvalue weighted by atomic mass is 9.82. The van der Waals surface area contributed by atoms with Crippen LogP contribution in [-0.2, 0) is 5.41 Å². The zero-order valence-corrected chi connectivity index (χ0v) is 36.4. The van der Waals surface area contributed by atoms with Crippen LogP contribution in [0, 0.1) is 0 Å². The highest BCUT2D eigenvalue weighted by Crippen LogP contribution is 2.50. The van der Waals surface area contributed by atoms with Gasteiger partial charge >= 0.3 is 0 Å². The third-order valence-corrected chi connectivity index (χ3v) is 14.2. The van der Waals surface area contributed by atoms with Gasteiger partial charge in [-0.1, -0.05) is 178 Å². The van der Waals surface area contributed by atoms with E-state index in [0.717, 1.165) is 44.8 Å². The van der Waals surface area contributed by atoms with Crippen LogP contribution in [0.2, 0.25) is 0 Å². The molecular formula is C61H42N2S. The molecule has 0 amide bonds. The van der Waals surface area contributed by atoms with Gasteiger partial charge in [0.05, 0.1) is 11.4 Å². The summed E-state index contributed by atoms with van der Waals surface area (Å²) < 4.78 is 2.59. The molecule has 1 aliphatic carbocycles. The lowest BCUT2D eigenvalue weighted by Crippen LogP contribution is -2.14. The van der Waals surface area contributed by atoms with Crippen molar-refractivity contribution in [1.29, 1.82) is 0 Å². The molecule has 1 aliphatic rings. The molecule has 64 heavy (non-hydrogen) atoms. The van der Waals surface area contributed by atoms with E-state index in [0.29, 0.717) is 5.82 Å². The third-order valence-electron chi connectivity index (χ3n) is 13.1. The smallest absolute Gasteiger partial charge is 0.160 e. The molecule has 0 saturated heterocycles. The minimum atomic E-state index is -0.0384. The molecule has 0 unspecified atom stereocenters. The first kappa shape index (κ1) is 38.0. The number of thiophene rings is 1. The second-order valence-corrected chi connectivity index (χ2v) is 18.4. The normalized spacial score (nSPS) is 12.7. The molecule has 0 bridgehead atoms. The fraction of sp³-hybridized carbons (Fsp3) is 0.0492. The first-order valence-corrected chi connectivity index (χ1v) is 22.8. The Morgan fingerprint density at radius 3 is 1.66 bits per heavy atom. The predicted octanol–water partition coefficient (Wildman–Crippen LogP) is 16.8. The second kappa shape index (κ2) is 15.3. The van der Waals surface area contributed by atoms with Crippen LogP contribution in [0.15, 0.2) is 218 Å². The van der Waals surface area contributed by atoms with Crippen LogP contribution < -0.4 is 0 Å². The first-order chi connectivity index (χ1) is 31.4. The molecule has 0 radical (unpaired) electrons. The number of nitrogens with zero attached hydrogens (tertiary/aromatic N) is 2. The average molecular weight is 835 g/mol. The van der Waals surface area contributed by atoms with Crippen LogP contribution in [0.25, 0.3) is 110 Å². The Morgan fingerprint density at radius 1 is 0.312 bits per heavy atom. The van der Waals surface area contributed by atoms with Gasteiger partial charge in [-0.3, -0.25) is 0 Å². The monoisotopic (exact) mass is 834 g/mol. The quantitative estimate of drug-likeness (QED) is 0.160. The molecule has 0 spiro atoms. The topological polar surface area (TPSA) is 25.8 Å². The zero-order chi connectivity index (χ0) is 42.8. The summed E-state index contributed by atoms with van der Waals surface area (Å²) in [5.41, 5.74) is 19.5. The van der Waals surface area contributed by atoms with Gasteiger partial charge in [-0.15, -0.1) is 11.3 Å². The Kier molecular flexibility index (Phi) is 9.06. The van der Waals surface area contributed by atoms with E-state index in [1.54, 1.807) is 0 Å². The number of fused-ring (bicyclic) bond motifs is 6. The number of hydrogen-bond acceptors (Lipinski definition) is 3. The van der Waals surface area contributed by atoms with E-state index in [1.165, 1.54) is 70.2 Å². The van der Waals surface area contributed by atoms with Crippen molar-refractivity contribution in [3.63, 3.8) is 0 Å². The number of benzene rings is 9. The van der Waals surface area contributed by atoms with E-state index in [1.807, 2.05) is 17.4 Å². The SMILES string of the molecule is CC1(C)c2ccccc2-c2cc(-c3cccc(-c4cc(-c5cc(-c6ccc7sc8ccccc8c7c6)cc(-c6ccccc6-c6ccccc6)c5)nc(-c5ccccc5)n4)c3)ccc21. The van der Waals surface area contributed by atoms with Gasteiger partial charge in [0.2, 0.25) is 0 Å². The third kappa shape index (κ3) is 6.56. The van der Waals surface area contributed by atoms with Crippen molar-refractivity contribution in [2.45, 2.75) is 19.3 Å². The summed E-state index contributed by atoms with van der Waals surface area (Å²) in [5, 5.41) is 2.57. The fourth-order valence-electron chi connectivity index (χ4n) is 9.82. The van der Waals surface area contributed by atoms with Gasteiger partial charge in [0.25, 0.3) is 0 Å². The van der Waals surface area contributed by atoms with Crippen LogP contribution in [-0.4, -0.2) is 9.97 Å². The maximum absolute atomic E-state index is 5.38. The summed E-state index contributed by atoms with van der Waals surface area (Å²) in [4.78, 5) is 10.7. The Morgan fingerprint density at radius 2 is 0.844 bits per heavy atom. The molecular weight excluding hydrogens is 793 g/mol. The van der Waals surface area contributed by atoms with Crippen LogP contribution in [0.3, 0.4) is 0 Å². The fourth-order valence-corrected chi connectivity index (χ4v) is 10.9. The van der Waals surface area contributed by atoms with Gasteiger partial charge in [0.15, 0.2) is 5.82 Å². The number of aromatic nitrogens is 2. The van der Waals surface area contributed by atoms with Crippen LogP contribution >= 0.6 is 11.3 Å². The van der Waals surface area contributed by atoms with Crippen LogP contribution in [0.5, 0.6) is 0 Å². The highest BCUT2D eigenvalue weighted by molar-refractivity contribution is 7.25. The molecule has 0 atom stereocenters. The summed E-state index contributed by atoms with van der Waals surface area (Å²) in [6, 6.07) is 79.2. The molecule has 11 aromatic rings. The Bertz CT molecular complexity index is 3580. The summed E-state index contributed by atoms with van der Waals surface area (Å²) in [5.74, 6) is 0.692. The van der Waals surface area contributed by atoms with Gasteiger partial charge in [0.1, 0.15) is 0 Å². The molecule has 302 valence electrons. The Balaban J connectivity index is 1.04. The van der Waals surface area contributed by atoms with Gasteiger partial charge < -0.3 is 0 Å². The molecule has 2 nitrogen and oxygen atoms in total. The molecule has 2 heterocycles. The van der Waals surface area contributed by atoms with E-state index >= 15 is 0 Å². The van der Waals surface area contributed by atoms with Crippen LogP contribution in [0.1, 0.15) is 25.0 Å². The van der Waals surface area contributed by atoms with E-state index in [4.69, 9.17) is 9.97 Å². The highest BCUT2D eigenvalue weighted by Gasteiger charge is 2.35. The molecule has 2 aromatic heterocycles. The summed E-state index contributed by atoms with van der Waals surface area (Å²) >= 11 is 1.85. The molecule has 9 aromatic carbocycles. The molecule has 0 aliphatic heterocycles. The Labute approximate surface area is 377 Å². The summed E-state index contributed by atoms with van der Waals surface area (Å²) in [7, 11) is 0. The van der Waals surface area contributed by atoms with E-state index in [9.17, 15) is 0 Å². The van der Waals surface area contributed by atoms with Crippen molar-refractivity contribution < 1.29 is 0 Å². The van der Waals surface area contributed by atoms with Crippen LogP contribution in [0.4, 0.5) is 0 Å². The van der Waals surface area contributed by atoms with Crippen molar-refractivity contribution in [2.24, 2.45) is 0 Å². The van der Waals surface area contributed by atoms with Crippen molar-refractivity contribution in [2.75, 3.05) is 0 Å². The van der Waals surface area contributed by atoms with E-state index in [2.05, 4.69) is 226 Å². The van der Waals surface area contributed by atoms with Gasteiger partial charge in [-0.2, -0.15) is 0 Å². The van der Waals surface area contributed by atoms with Crippen molar-refractivity contribution in [1.82, 2.24) is 9.97 Å². The zero-order valence-electron chi connectivity index (χ0n) is 35.6. The molecule has 3 heteroatoms. The minimum absolute atomic E-state index is 0.0384. The lowest BCUT2D eigenvalue weighted by molar-refractivity contribution is 0.660. The van der Waals surface area contributed by atoms with Gasteiger partial charge in [0, 0.05) is 42.3 Å². The maximum atomic E-state index is 5.38. The standard InChI is InChI=1S/C61H42N2S/c1-61(2)54-26-13-11-24-50(54)52-36-42(28-30-55(52)61)41-20-15-21-44(32-41)56-38-57(63-60(62-56)40-18-7-4-8-19-40)47-34-45(43-29-31-59-53(37-43)51-25-12-14-27-58(51)64-59)33-46(35-47)49-23-10-9-22-48(49)39-16-5-3-6-17-39/h3-38H,1-2H3. The summed E-state index contributed by atoms with van der Waals surface area (Å²) in [6.07, 6.45) is 0. The summed E-state index contributed by atoms with van der Waals surface area (Å²) in [6.45, 7) is 4.67. The van der Waals surface area contributed by atoms with E-state index in [-0.39, 0.29) is 5.41 Å². The van der Waals surface area contributed by atoms with E-state index < -0.39 is 0 Å². The lowest BCUT2D eigenvalue weighted by Gasteiger charge is -2.21. The molecule has 0 fully saturated rings. The molecule has 0 saturated carbocycles. The Hall–Kier alpha value is -7.72. The van der Waals surface area contributed by atoms with Crippen molar-refractivity contribution in [3.8, 4) is 89.5 Å². The molecule has 0 N–H and O–H groups in total.